The number of carbonyl (C=O) groups is 1. The van der Waals surface area contributed by atoms with Crippen molar-refractivity contribution in [3.8, 4) is 5.75 Å². The highest BCUT2D eigenvalue weighted by Gasteiger charge is 2.13. The van der Waals surface area contributed by atoms with Crippen LogP contribution in [-0.4, -0.2) is 33.5 Å². The van der Waals surface area contributed by atoms with Crippen LogP contribution < -0.4 is 10.1 Å². The lowest BCUT2D eigenvalue weighted by molar-refractivity contribution is -0.118. The minimum absolute atomic E-state index is 0.0388. The number of ether oxygens (including phenoxy) is 1. The Morgan fingerprint density at radius 3 is 2.64 bits per heavy atom. The summed E-state index contributed by atoms with van der Waals surface area (Å²) in [6, 6.07) is 17.9. The molecular formula is C21H24N4O2S. The van der Waals surface area contributed by atoms with Crippen LogP contribution in [0.15, 0.2) is 59.8 Å². The van der Waals surface area contributed by atoms with E-state index in [0.717, 1.165) is 35.3 Å². The highest BCUT2D eigenvalue weighted by atomic mass is 32.2. The fourth-order valence-electron chi connectivity index (χ4n) is 2.82. The summed E-state index contributed by atoms with van der Waals surface area (Å²) < 4.78 is 7.27. The standard InChI is InChI=1S/C21H24N4O2S/c1-3-25-19(13-16-8-5-4-6-9-16)23-24-21(25)28-15-20(26)22-14-17-10-7-11-18(12-17)27-2/h4-12H,3,13-15H2,1-2H3,(H,22,26). The van der Waals surface area contributed by atoms with Gasteiger partial charge in [-0.05, 0) is 30.2 Å². The molecule has 1 heterocycles. The maximum Gasteiger partial charge on any atom is 0.230 e. The van der Waals surface area contributed by atoms with E-state index >= 15 is 0 Å². The molecule has 0 bridgehead atoms. The molecule has 0 unspecified atom stereocenters. The lowest BCUT2D eigenvalue weighted by Crippen LogP contribution is -2.24. The van der Waals surface area contributed by atoms with Gasteiger partial charge in [0.2, 0.25) is 5.91 Å². The van der Waals surface area contributed by atoms with Crippen LogP contribution >= 0.6 is 11.8 Å². The Bertz CT molecular complexity index is 912. The number of nitrogens with zero attached hydrogens (tertiary/aromatic N) is 3. The predicted molar refractivity (Wildman–Crippen MR) is 111 cm³/mol. The Morgan fingerprint density at radius 2 is 1.89 bits per heavy atom. The van der Waals surface area contributed by atoms with Crippen LogP contribution in [0.4, 0.5) is 0 Å². The molecule has 0 saturated heterocycles. The Kier molecular flexibility index (Phi) is 7.08. The van der Waals surface area contributed by atoms with E-state index in [0.29, 0.717) is 12.3 Å². The van der Waals surface area contributed by atoms with Gasteiger partial charge in [0.15, 0.2) is 5.16 Å². The van der Waals surface area contributed by atoms with Gasteiger partial charge in [-0.2, -0.15) is 0 Å². The highest BCUT2D eigenvalue weighted by molar-refractivity contribution is 7.99. The van der Waals surface area contributed by atoms with E-state index in [1.54, 1.807) is 7.11 Å². The normalized spacial score (nSPS) is 10.6. The third-order valence-electron chi connectivity index (χ3n) is 4.27. The molecule has 1 amide bonds. The molecule has 1 N–H and O–H groups in total. The molecule has 146 valence electrons. The summed E-state index contributed by atoms with van der Waals surface area (Å²) in [6.07, 6.45) is 0.726. The molecule has 3 rings (SSSR count). The second-order valence-corrected chi connectivity index (χ2v) is 7.16. The van der Waals surface area contributed by atoms with Crippen LogP contribution in [0.2, 0.25) is 0 Å². The van der Waals surface area contributed by atoms with Crippen LogP contribution in [0, 0.1) is 0 Å². The first-order valence-corrected chi connectivity index (χ1v) is 10.2. The van der Waals surface area contributed by atoms with Crippen LogP contribution in [-0.2, 0) is 24.3 Å². The van der Waals surface area contributed by atoms with Crippen LogP contribution in [0.25, 0.3) is 0 Å². The van der Waals surface area contributed by atoms with Gasteiger partial charge in [0.25, 0.3) is 0 Å². The number of thioether (sulfide) groups is 1. The Balaban J connectivity index is 1.54. The summed E-state index contributed by atoms with van der Waals surface area (Å²) in [7, 11) is 1.63. The van der Waals surface area contributed by atoms with Crippen LogP contribution in [0.1, 0.15) is 23.9 Å². The average molecular weight is 397 g/mol. The van der Waals surface area contributed by atoms with Crippen molar-refractivity contribution in [2.45, 2.75) is 31.6 Å². The van der Waals surface area contributed by atoms with Crippen LogP contribution in [0.3, 0.4) is 0 Å². The number of aromatic nitrogens is 3. The van der Waals surface area contributed by atoms with E-state index in [-0.39, 0.29) is 5.91 Å². The van der Waals surface area contributed by atoms with Gasteiger partial charge >= 0.3 is 0 Å². The number of carbonyl (C=O) groups excluding carboxylic acids is 1. The van der Waals surface area contributed by atoms with Gasteiger partial charge in [-0.25, -0.2) is 0 Å². The van der Waals surface area contributed by atoms with Crippen molar-refractivity contribution in [2.24, 2.45) is 0 Å². The second kappa shape index (κ2) is 9.94. The van der Waals surface area contributed by atoms with Crippen LogP contribution in [0.5, 0.6) is 5.75 Å². The van der Waals surface area contributed by atoms with Crippen molar-refractivity contribution in [3.05, 3.63) is 71.5 Å². The number of hydrogen-bond donors (Lipinski definition) is 1. The Hall–Kier alpha value is -2.80. The first kappa shape index (κ1) is 19.9. The van der Waals surface area contributed by atoms with Crippen molar-refractivity contribution < 1.29 is 9.53 Å². The number of rotatable bonds is 9. The van der Waals surface area contributed by atoms with E-state index in [1.165, 1.54) is 17.3 Å². The minimum Gasteiger partial charge on any atom is -0.497 e. The molecule has 0 aliphatic carbocycles. The monoisotopic (exact) mass is 396 g/mol. The zero-order chi connectivity index (χ0) is 19.8. The van der Waals surface area contributed by atoms with Crippen molar-refractivity contribution >= 4 is 17.7 Å². The molecule has 0 fully saturated rings. The zero-order valence-electron chi connectivity index (χ0n) is 16.1. The summed E-state index contributed by atoms with van der Waals surface area (Å²) in [5.74, 6) is 1.95. The van der Waals surface area contributed by atoms with Gasteiger partial charge < -0.3 is 14.6 Å². The zero-order valence-corrected chi connectivity index (χ0v) is 16.9. The predicted octanol–water partition coefficient (Wildman–Crippen LogP) is 3.31. The summed E-state index contributed by atoms with van der Waals surface area (Å²) in [4.78, 5) is 12.2. The van der Waals surface area contributed by atoms with E-state index in [4.69, 9.17) is 4.74 Å². The molecule has 7 heteroatoms. The number of nitrogens with one attached hydrogen (secondary N) is 1. The summed E-state index contributed by atoms with van der Waals surface area (Å²) in [5, 5.41) is 12.3. The van der Waals surface area contributed by atoms with Gasteiger partial charge in [0.05, 0.1) is 12.9 Å². The second-order valence-electron chi connectivity index (χ2n) is 6.22. The molecule has 0 aliphatic rings. The summed E-state index contributed by atoms with van der Waals surface area (Å²) in [6.45, 7) is 3.30. The number of benzene rings is 2. The molecular weight excluding hydrogens is 372 g/mol. The lowest BCUT2D eigenvalue weighted by atomic mass is 10.1. The average Bonchev–Trinajstić information content (AvgIpc) is 3.13. The maximum absolute atomic E-state index is 12.2. The maximum atomic E-state index is 12.2. The van der Waals surface area contributed by atoms with E-state index in [1.807, 2.05) is 42.5 Å². The van der Waals surface area contributed by atoms with Gasteiger partial charge in [-0.3, -0.25) is 4.79 Å². The Morgan fingerprint density at radius 1 is 1.11 bits per heavy atom. The molecule has 3 aromatic rings. The molecule has 28 heavy (non-hydrogen) atoms. The molecule has 0 spiro atoms. The quantitative estimate of drug-likeness (QED) is 0.562. The van der Waals surface area contributed by atoms with Crippen molar-refractivity contribution in [1.29, 1.82) is 0 Å². The largest absolute Gasteiger partial charge is 0.497 e. The first-order valence-electron chi connectivity index (χ1n) is 9.18. The number of methoxy groups -OCH3 is 1. The summed E-state index contributed by atoms with van der Waals surface area (Å²) >= 11 is 1.41. The highest BCUT2D eigenvalue weighted by Crippen LogP contribution is 2.19. The molecule has 0 radical (unpaired) electrons. The topological polar surface area (TPSA) is 69.0 Å². The molecule has 0 aliphatic heterocycles. The minimum atomic E-state index is -0.0388. The molecule has 2 aromatic carbocycles. The molecule has 6 nitrogen and oxygen atoms in total. The lowest BCUT2D eigenvalue weighted by Gasteiger charge is -2.08. The van der Waals surface area contributed by atoms with Gasteiger partial charge in [0, 0.05) is 19.5 Å². The summed E-state index contributed by atoms with van der Waals surface area (Å²) in [5.41, 5.74) is 2.19. The molecule has 0 atom stereocenters. The van der Waals surface area contributed by atoms with Crippen molar-refractivity contribution in [1.82, 2.24) is 20.1 Å². The van der Waals surface area contributed by atoms with Crippen molar-refractivity contribution in [2.75, 3.05) is 12.9 Å². The van der Waals surface area contributed by atoms with Crippen molar-refractivity contribution in [3.63, 3.8) is 0 Å². The smallest absolute Gasteiger partial charge is 0.230 e. The Labute approximate surface area is 169 Å². The van der Waals surface area contributed by atoms with E-state index in [9.17, 15) is 4.79 Å². The third-order valence-corrected chi connectivity index (χ3v) is 5.24. The van der Waals surface area contributed by atoms with Gasteiger partial charge in [-0.15, -0.1) is 10.2 Å². The fourth-order valence-corrected chi connectivity index (χ4v) is 3.67. The third kappa shape index (κ3) is 5.36. The molecule has 0 saturated carbocycles. The SMILES string of the molecule is CCn1c(Cc2ccccc2)nnc1SCC(=O)NCc1cccc(OC)c1. The molecule has 1 aromatic heterocycles. The van der Waals surface area contributed by atoms with Gasteiger partial charge in [-0.1, -0.05) is 54.2 Å². The first-order chi connectivity index (χ1) is 13.7. The van der Waals surface area contributed by atoms with Gasteiger partial charge in [0.1, 0.15) is 11.6 Å². The number of hydrogen-bond acceptors (Lipinski definition) is 5. The van der Waals surface area contributed by atoms with E-state index in [2.05, 4.69) is 39.1 Å². The van der Waals surface area contributed by atoms with E-state index < -0.39 is 0 Å². The number of amides is 1. The fraction of sp³-hybridized carbons (Fsp3) is 0.286.